The summed E-state index contributed by atoms with van der Waals surface area (Å²) >= 11 is 13.7. The zero-order valence-corrected chi connectivity index (χ0v) is 16.3. The monoisotopic (exact) mass is 392 g/mol. The molecule has 0 spiro atoms. The molecule has 1 N–H and O–H groups in total. The number of anilines is 2. The Morgan fingerprint density at radius 3 is 2.40 bits per heavy atom. The first-order chi connectivity index (χ1) is 12.0. The van der Waals surface area contributed by atoms with Gasteiger partial charge in [0.1, 0.15) is 4.88 Å². The summed E-state index contributed by atoms with van der Waals surface area (Å²) in [5, 5.41) is 4.85. The third-order valence-electron chi connectivity index (χ3n) is 4.05. The van der Waals surface area contributed by atoms with Crippen LogP contribution in [0.4, 0.5) is 11.4 Å². The number of carbonyl (C=O) groups excluding carboxylic acids is 1. The molecule has 0 aliphatic heterocycles. The van der Waals surface area contributed by atoms with Crippen molar-refractivity contribution in [1.82, 2.24) is 0 Å². The fraction of sp³-hybridized carbons (Fsp3) is 0.211. The van der Waals surface area contributed by atoms with Crippen molar-refractivity contribution in [3.05, 3.63) is 57.4 Å². The molecule has 1 heterocycles. The summed E-state index contributed by atoms with van der Waals surface area (Å²) in [6.07, 6.45) is 0. The largest absolute Gasteiger partial charge is 0.372 e. The molecule has 0 saturated heterocycles. The van der Waals surface area contributed by atoms with Crippen LogP contribution in [-0.4, -0.2) is 19.0 Å². The first kappa shape index (κ1) is 18.1. The smallest absolute Gasteiger partial charge is 0.267 e. The number of fused-ring (bicyclic) bond motifs is 1. The van der Waals surface area contributed by atoms with Crippen LogP contribution in [0.2, 0.25) is 10.0 Å². The highest BCUT2D eigenvalue weighted by molar-refractivity contribution is 7.21. The quantitative estimate of drug-likeness (QED) is 0.551. The van der Waals surface area contributed by atoms with Crippen molar-refractivity contribution in [2.45, 2.75) is 13.8 Å². The molecule has 0 aliphatic carbocycles. The van der Waals surface area contributed by atoms with Crippen molar-refractivity contribution in [3.63, 3.8) is 0 Å². The number of amides is 1. The minimum absolute atomic E-state index is 0.210. The Hall–Kier alpha value is -1.75. The van der Waals surface area contributed by atoms with Crippen LogP contribution in [0, 0.1) is 0 Å². The lowest BCUT2D eigenvalue weighted by Gasteiger charge is -2.21. The van der Waals surface area contributed by atoms with Crippen LogP contribution in [-0.2, 0) is 0 Å². The maximum absolute atomic E-state index is 12.6. The van der Waals surface area contributed by atoms with Crippen LogP contribution < -0.4 is 10.2 Å². The van der Waals surface area contributed by atoms with E-state index in [0.29, 0.717) is 14.9 Å². The third-order valence-corrected chi connectivity index (χ3v) is 5.94. The van der Waals surface area contributed by atoms with Crippen LogP contribution in [0.25, 0.3) is 10.1 Å². The van der Waals surface area contributed by atoms with E-state index in [2.05, 4.69) is 24.1 Å². The van der Waals surface area contributed by atoms with Gasteiger partial charge in [0.15, 0.2) is 0 Å². The van der Waals surface area contributed by atoms with Crippen LogP contribution in [0.3, 0.4) is 0 Å². The lowest BCUT2D eigenvalue weighted by molar-refractivity contribution is 0.103. The number of halogens is 2. The van der Waals surface area contributed by atoms with Crippen molar-refractivity contribution in [2.24, 2.45) is 0 Å². The van der Waals surface area contributed by atoms with Crippen molar-refractivity contribution in [1.29, 1.82) is 0 Å². The summed E-state index contributed by atoms with van der Waals surface area (Å²) in [5.41, 5.74) is 1.88. The van der Waals surface area contributed by atoms with Crippen LogP contribution in [0.1, 0.15) is 23.5 Å². The molecule has 3 aromatic rings. The molecule has 0 atom stereocenters. The highest BCUT2D eigenvalue weighted by Crippen LogP contribution is 2.37. The molecule has 0 aliphatic rings. The second-order valence-electron chi connectivity index (χ2n) is 5.56. The molecule has 0 fully saturated rings. The van der Waals surface area contributed by atoms with E-state index in [-0.39, 0.29) is 5.91 Å². The normalized spacial score (nSPS) is 10.9. The molecule has 130 valence electrons. The van der Waals surface area contributed by atoms with Gasteiger partial charge in [0.05, 0.1) is 5.02 Å². The summed E-state index contributed by atoms with van der Waals surface area (Å²) < 4.78 is 0.902. The van der Waals surface area contributed by atoms with E-state index in [4.69, 9.17) is 23.2 Å². The molecule has 6 heteroatoms. The number of nitrogens with zero attached hydrogens (tertiary/aromatic N) is 1. The van der Waals surface area contributed by atoms with Gasteiger partial charge in [-0.3, -0.25) is 4.79 Å². The standard InChI is InChI=1S/C19H18Cl2N2OS/c1-3-23(4-2)14-8-6-13(7-9-14)22-19(24)18-17(21)15-10-5-12(20)11-16(15)25-18/h5-11H,3-4H2,1-2H3,(H,22,24). The lowest BCUT2D eigenvalue weighted by Crippen LogP contribution is -2.21. The Morgan fingerprint density at radius 2 is 1.76 bits per heavy atom. The van der Waals surface area contributed by atoms with Gasteiger partial charge in [-0.2, -0.15) is 0 Å². The third kappa shape index (κ3) is 3.76. The molecule has 3 nitrogen and oxygen atoms in total. The minimum atomic E-state index is -0.210. The predicted molar refractivity (Wildman–Crippen MR) is 110 cm³/mol. The van der Waals surface area contributed by atoms with Gasteiger partial charge in [-0.05, 0) is 50.2 Å². The first-order valence-electron chi connectivity index (χ1n) is 8.07. The van der Waals surface area contributed by atoms with Gasteiger partial charge in [0, 0.05) is 39.6 Å². The number of benzene rings is 2. The van der Waals surface area contributed by atoms with E-state index < -0.39 is 0 Å². The Kier molecular flexibility index (Phi) is 5.52. The van der Waals surface area contributed by atoms with Crippen molar-refractivity contribution >= 4 is 61.9 Å². The molecule has 3 rings (SSSR count). The molecule has 1 amide bonds. The number of hydrogen-bond acceptors (Lipinski definition) is 3. The Balaban J connectivity index is 1.81. The maximum atomic E-state index is 12.6. The van der Waals surface area contributed by atoms with Crippen molar-refractivity contribution in [2.75, 3.05) is 23.3 Å². The fourth-order valence-electron chi connectivity index (χ4n) is 2.72. The van der Waals surface area contributed by atoms with E-state index in [0.717, 1.165) is 34.6 Å². The minimum Gasteiger partial charge on any atom is -0.372 e. The number of thiophene rings is 1. The average Bonchev–Trinajstić information content (AvgIpc) is 2.93. The van der Waals surface area contributed by atoms with Crippen molar-refractivity contribution in [3.8, 4) is 0 Å². The van der Waals surface area contributed by atoms with Crippen LogP contribution in [0.15, 0.2) is 42.5 Å². The van der Waals surface area contributed by atoms with E-state index in [1.807, 2.05) is 36.4 Å². The highest BCUT2D eigenvalue weighted by atomic mass is 35.5. The van der Waals surface area contributed by atoms with Gasteiger partial charge in [-0.1, -0.05) is 29.3 Å². The van der Waals surface area contributed by atoms with Crippen LogP contribution >= 0.6 is 34.5 Å². The van der Waals surface area contributed by atoms with Crippen molar-refractivity contribution < 1.29 is 4.79 Å². The molecule has 2 aromatic carbocycles. The summed E-state index contributed by atoms with van der Waals surface area (Å²) in [4.78, 5) is 15.3. The maximum Gasteiger partial charge on any atom is 0.267 e. The van der Waals surface area contributed by atoms with Gasteiger partial charge in [-0.25, -0.2) is 0 Å². The van der Waals surface area contributed by atoms with Gasteiger partial charge < -0.3 is 10.2 Å². The zero-order valence-electron chi connectivity index (χ0n) is 14.0. The number of nitrogens with one attached hydrogen (secondary N) is 1. The summed E-state index contributed by atoms with van der Waals surface area (Å²) in [6.45, 7) is 6.13. The first-order valence-corrected chi connectivity index (χ1v) is 9.64. The topological polar surface area (TPSA) is 32.3 Å². The fourth-order valence-corrected chi connectivity index (χ4v) is 4.41. The van der Waals surface area contributed by atoms with Gasteiger partial charge in [-0.15, -0.1) is 11.3 Å². The molecule has 1 aromatic heterocycles. The Bertz CT molecular complexity index is 902. The number of carbonyl (C=O) groups is 1. The van der Waals surface area contributed by atoms with E-state index in [1.165, 1.54) is 11.3 Å². The summed E-state index contributed by atoms with van der Waals surface area (Å²) in [7, 11) is 0. The molecular weight excluding hydrogens is 375 g/mol. The number of rotatable bonds is 5. The second-order valence-corrected chi connectivity index (χ2v) is 7.43. The van der Waals surface area contributed by atoms with Gasteiger partial charge >= 0.3 is 0 Å². The predicted octanol–water partition coefficient (Wildman–Crippen LogP) is 6.31. The number of hydrogen-bond donors (Lipinski definition) is 1. The van der Waals surface area contributed by atoms with E-state index >= 15 is 0 Å². The zero-order chi connectivity index (χ0) is 18.0. The van der Waals surface area contributed by atoms with Gasteiger partial charge in [0.2, 0.25) is 0 Å². The lowest BCUT2D eigenvalue weighted by atomic mass is 10.2. The molecule has 0 radical (unpaired) electrons. The average molecular weight is 393 g/mol. The molecular formula is C19H18Cl2N2OS. The molecule has 0 unspecified atom stereocenters. The summed E-state index contributed by atoms with van der Waals surface area (Å²) in [6, 6.07) is 13.3. The van der Waals surface area contributed by atoms with E-state index in [9.17, 15) is 4.79 Å². The van der Waals surface area contributed by atoms with Gasteiger partial charge in [0.25, 0.3) is 5.91 Å². The summed E-state index contributed by atoms with van der Waals surface area (Å²) in [5.74, 6) is -0.210. The highest BCUT2D eigenvalue weighted by Gasteiger charge is 2.17. The molecule has 0 saturated carbocycles. The Morgan fingerprint density at radius 1 is 1.08 bits per heavy atom. The molecule has 0 bridgehead atoms. The van der Waals surface area contributed by atoms with E-state index in [1.54, 1.807) is 6.07 Å². The molecule has 25 heavy (non-hydrogen) atoms. The second kappa shape index (κ2) is 7.65. The SMILES string of the molecule is CCN(CC)c1ccc(NC(=O)c2sc3cc(Cl)ccc3c2Cl)cc1. The van der Waals surface area contributed by atoms with Crippen LogP contribution in [0.5, 0.6) is 0 Å². The Labute approximate surface area is 161 Å².